The lowest BCUT2D eigenvalue weighted by Gasteiger charge is -2.45. The van der Waals surface area contributed by atoms with Crippen molar-refractivity contribution < 1.29 is 0 Å². The summed E-state index contributed by atoms with van der Waals surface area (Å²) in [6.07, 6.45) is 3.85. The normalized spacial score (nSPS) is 35.6. The summed E-state index contributed by atoms with van der Waals surface area (Å²) in [6.45, 7) is 10.1. The molecule has 0 bridgehead atoms. The average molecular weight is 220 g/mol. The number of piperazine rings is 1. The predicted molar refractivity (Wildman–Crippen MR) is 68.2 cm³/mol. The molecule has 0 spiro atoms. The maximum Gasteiger partial charge on any atom is 0.0309 e. The van der Waals surface area contributed by atoms with Gasteiger partial charge in [0.15, 0.2) is 0 Å². The fourth-order valence-corrected chi connectivity index (χ4v) is 2.76. The van der Waals surface area contributed by atoms with Gasteiger partial charge >= 0.3 is 0 Å². The number of nitrogens with zero attached hydrogens (tertiary/aromatic N) is 1. The van der Waals surface area contributed by atoms with Crippen LogP contribution in [0.1, 0.15) is 40.0 Å². The smallest absolute Gasteiger partial charge is 0.0309 e. The highest BCUT2D eigenvalue weighted by atomic mass is 15.2. The van der Waals surface area contributed by atoms with Crippen molar-refractivity contribution in [3.05, 3.63) is 0 Å². The van der Waals surface area contributed by atoms with Crippen molar-refractivity contribution in [1.29, 1.82) is 0 Å². The lowest BCUT2D eigenvalue weighted by atomic mass is 9.91. The van der Waals surface area contributed by atoms with Crippen LogP contribution in [0.15, 0.2) is 0 Å². The summed E-state index contributed by atoms with van der Waals surface area (Å²) in [6, 6.07) is 0.658. The highest BCUT2D eigenvalue weighted by Gasteiger charge is 2.44. The Morgan fingerprint density at radius 3 is 2.81 bits per heavy atom. The van der Waals surface area contributed by atoms with Crippen LogP contribution in [0.25, 0.3) is 0 Å². The first-order chi connectivity index (χ1) is 7.65. The van der Waals surface area contributed by atoms with Crippen molar-refractivity contribution in [1.82, 2.24) is 10.2 Å². The molecule has 1 heterocycles. The molecule has 2 fully saturated rings. The van der Waals surface area contributed by atoms with Crippen LogP contribution >= 0.6 is 0 Å². The summed E-state index contributed by atoms with van der Waals surface area (Å²) in [5, 5.41) is 3.75. The van der Waals surface area contributed by atoms with E-state index in [2.05, 4.69) is 35.9 Å². The van der Waals surface area contributed by atoms with Crippen molar-refractivity contribution in [2.75, 3.05) is 19.6 Å². The van der Waals surface area contributed by atoms with Crippen LogP contribution in [-0.2, 0) is 0 Å². The van der Waals surface area contributed by atoms with Crippen LogP contribution in [0.3, 0.4) is 0 Å². The quantitative estimate of drug-likeness (QED) is 0.730. The van der Waals surface area contributed by atoms with Gasteiger partial charge in [-0.25, -0.2) is 0 Å². The standard InChI is InChI=1S/C14H24N2/c1-4-5-6-9-16-11-14(3,13-7-8-13)15-10-12(16)2/h12-13,15H,6-11H2,1-3H3. The molecule has 0 aromatic carbocycles. The summed E-state index contributed by atoms with van der Waals surface area (Å²) in [4.78, 5) is 2.61. The molecule has 2 unspecified atom stereocenters. The summed E-state index contributed by atoms with van der Waals surface area (Å²) in [5.41, 5.74) is 0.367. The minimum Gasteiger partial charge on any atom is -0.308 e. The Balaban J connectivity index is 1.90. The predicted octanol–water partition coefficient (Wildman–Crippen LogP) is 1.86. The first-order valence-corrected chi connectivity index (χ1v) is 6.54. The third-order valence-corrected chi connectivity index (χ3v) is 4.14. The van der Waals surface area contributed by atoms with Crippen LogP contribution in [0.2, 0.25) is 0 Å². The third kappa shape index (κ3) is 2.59. The van der Waals surface area contributed by atoms with Crippen molar-refractivity contribution in [2.45, 2.75) is 51.6 Å². The Morgan fingerprint density at radius 1 is 1.44 bits per heavy atom. The van der Waals surface area contributed by atoms with Crippen LogP contribution < -0.4 is 5.32 Å². The van der Waals surface area contributed by atoms with Crippen LogP contribution in [0.4, 0.5) is 0 Å². The minimum absolute atomic E-state index is 0.367. The maximum absolute atomic E-state index is 3.75. The summed E-state index contributed by atoms with van der Waals surface area (Å²) in [7, 11) is 0. The average Bonchev–Trinajstić information content (AvgIpc) is 3.08. The van der Waals surface area contributed by atoms with E-state index < -0.39 is 0 Å². The van der Waals surface area contributed by atoms with Crippen LogP contribution in [-0.4, -0.2) is 36.1 Å². The van der Waals surface area contributed by atoms with Gasteiger partial charge < -0.3 is 5.32 Å². The number of rotatable bonds is 3. The first-order valence-electron chi connectivity index (χ1n) is 6.54. The van der Waals surface area contributed by atoms with Gasteiger partial charge in [-0.1, -0.05) is 0 Å². The van der Waals surface area contributed by atoms with Gasteiger partial charge in [-0.2, -0.15) is 0 Å². The van der Waals surface area contributed by atoms with E-state index in [4.69, 9.17) is 0 Å². The van der Waals surface area contributed by atoms with E-state index in [-0.39, 0.29) is 0 Å². The van der Waals surface area contributed by atoms with Gasteiger partial charge in [0, 0.05) is 37.6 Å². The molecular formula is C14H24N2. The fraction of sp³-hybridized carbons (Fsp3) is 0.857. The molecule has 1 N–H and O–H groups in total. The molecular weight excluding hydrogens is 196 g/mol. The highest BCUT2D eigenvalue weighted by Crippen LogP contribution is 2.41. The molecule has 2 nitrogen and oxygen atoms in total. The van der Waals surface area contributed by atoms with Crippen molar-refractivity contribution in [2.24, 2.45) is 5.92 Å². The summed E-state index contributed by atoms with van der Waals surface area (Å²) in [5.74, 6) is 7.08. The summed E-state index contributed by atoms with van der Waals surface area (Å²) >= 11 is 0. The highest BCUT2D eigenvalue weighted by molar-refractivity contribution is 5.04. The van der Waals surface area contributed by atoms with E-state index in [9.17, 15) is 0 Å². The Hall–Kier alpha value is -0.520. The van der Waals surface area contributed by atoms with Gasteiger partial charge in [0.25, 0.3) is 0 Å². The molecule has 0 aromatic rings. The number of hydrogen-bond donors (Lipinski definition) is 1. The second-order valence-corrected chi connectivity index (χ2v) is 5.57. The van der Waals surface area contributed by atoms with E-state index in [1.54, 1.807) is 0 Å². The molecule has 0 aromatic heterocycles. The van der Waals surface area contributed by atoms with Gasteiger partial charge in [0.05, 0.1) is 0 Å². The van der Waals surface area contributed by atoms with E-state index in [1.807, 2.05) is 6.92 Å². The second-order valence-electron chi connectivity index (χ2n) is 5.57. The van der Waals surface area contributed by atoms with Gasteiger partial charge in [-0.05, 0) is 39.5 Å². The minimum atomic E-state index is 0.367. The SMILES string of the molecule is CC#CCCN1CC(C)(C2CC2)NCC1C. The van der Waals surface area contributed by atoms with Crippen molar-refractivity contribution in [3.8, 4) is 11.8 Å². The van der Waals surface area contributed by atoms with Gasteiger partial charge in [0.1, 0.15) is 0 Å². The van der Waals surface area contributed by atoms with Crippen LogP contribution in [0.5, 0.6) is 0 Å². The van der Waals surface area contributed by atoms with E-state index >= 15 is 0 Å². The molecule has 1 aliphatic carbocycles. The Morgan fingerprint density at radius 2 is 2.19 bits per heavy atom. The van der Waals surface area contributed by atoms with E-state index in [1.165, 1.54) is 19.4 Å². The molecule has 2 aliphatic rings. The molecule has 1 saturated heterocycles. The molecule has 1 aliphatic heterocycles. The second kappa shape index (κ2) is 4.77. The lowest BCUT2D eigenvalue weighted by molar-refractivity contribution is 0.0855. The van der Waals surface area contributed by atoms with Crippen molar-refractivity contribution >= 4 is 0 Å². The first kappa shape index (κ1) is 12.0. The lowest BCUT2D eigenvalue weighted by Crippen LogP contribution is -2.63. The Bertz CT molecular complexity index is 298. The molecule has 90 valence electrons. The molecule has 2 rings (SSSR count). The van der Waals surface area contributed by atoms with Gasteiger partial charge in [0.2, 0.25) is 0 Å². The van der Waals surface area contributed by atoms with E-state index in [0.29, 0.717) is 11.6 Å². The monoisotopic (exact) mass is 220 g/mol. The topological polar surface area (TPSA) is 15.3 Å². The van der Waals surface area contributed by atoms with Gasteiger partial charge in [-0.15, -0.1) is 11.8 Å². The van der Waals surface area contributed by atoms with E-state index in [0.717, 1.165) is 25.4 Å². The van der Waals surface area contributed by atoms with Crippen molar-refractivity contribution in [3.63, 3.8) is 0 Å². The molecule has 2 atom stereocenters. The molecule has 2 heteroatoms. The third-order valence-electron chi connectivity index (χ3n) is 4.14. The molecule has 0 amide bonds. The molecule has 1 saturated carbocycles. The maximum atomic E-state index is 3.75. The zero-order valence-electron chi connectivity index (χ0n) is 10.8. The van der Waals surface area contributed by atoms with Crippen LogP contribution in [0, 0.1) is 17.8 Å². The summed E-state index contributed by atoms with van der Waals surface area (Å²) < 4.78 is 0. The van der Waals surface area contributed by atoms with Gasteiger partial charge in [-0.3, -0.25) is 4.90 Å². The molecule has 0 radical (unpaired) electrons. The Labute approximate surface area is 99.8 Å². The molecule has 16 heavy (non-hydrogen) atoms. The zero-order chi connectivity index (χ0) is 11.6. The fourth-order valence-electron chi connectivity index (χ4n) is 2.76. The largest absolute Gasteiger partial charge is 0.308 e. The zero-order valence-corrected chi connectivity index (χ0v) is 10.8. The number of nitrogens with one attached hydrogen (secondary N) is 1. The Kier molecular flexibility index (Phi) is 3.56. The number of hydrogen-bond acceptors (Lipinski definition) is 2.